The number of methoxy groups -OCH3 is 1. The van der Waals surface area contributed by atoms with Crippen LogP contribution in [0.2, 0.25) is 0 Å². The van der Waals surface area contributed by atoms with Crippen LogP contribution >= 0.6 is 0 Å². The fourth-order valence-corrected chi connectivity index (χ4v) is 4.18. The van der Waals surface area contributed by atoms with E-state index in [9.17, 15) is 4.79 Å². The Balaban J connectivity index is 1.68. The second-order valence-corrected chi connectivity index (χ2v) is 8.43. The van der Waals surface area contributed by atoms with Gasteiger partial charge in [-0.1, -0.05) is 36.8 Å². The standard InChI is InChI=1S/C24H32N4O2/c1-4-22(29)27-10-12-28(13-11-27)24-20(15-18-7-5-6-17(2)14-18)21(16-30-3)25-23(26-24)19-8-9-19/h5-7,14,19H,4,8-13,15-16H2,1-3H3. The van der Waals surface area contributed by atoms with Gasteiger partial charge in [-0.05, 0) is 25.3 Å². The number of aromatic nitrogens is 2. The summed E-state index contributed by atoms with van der Waals surface area (Å²) in [5.74, 6) is 2.70. The first kappa shape index (κ1) is 20.8. The van der Waals surface area contributed by atoms with Gasteiger partial charge in [0.25, 0.3) is 0 Å². The summed E-state index contributed by atoms with van der Waals surface area (Å²) in [6.07, 6.45) is 3.69. The minimum absolute atomic E-state index is 0.232. The maximum Gasteiger partial charge on any atom is 0.222 e. The summed E-state index contributed by atoms with van der Waals surface area (Å²) in [4.78, 5) is 26.4. The van der Waals surface area contributed by atoms with E-state index in [4.69, 9.17) is 14.7 Å². The Labute approximate surface area is 179 Å². The molecule has 0 atom stereocenters. The third-order valence-electron chi connectivity index (χ3n) is 6.01. The van der Waals surface area contributed by atoms with Crippen LogP contribution in [0.5, 0.6) is 0 Å². The molecular formula is C24H32N4O2. The molecule has 1 aromatic carbocycles. The number of ether oxygens (including phenoxy) is 1. The molecule has 0 spiro atoms. The highest BCUT2D eigenvalue weighted by Gasteiger charge is 2.31. The maximum atomic E-state index is 12.1. The van der Waals surface area contributed by atoms with Gasteiger partial charge in [-0.3, -0.25) is 4.79 Å². The zero-order chi connectivity index (χ0) is 21.1. The van der Waals surface area contributed by atoms with E-state index in [1.807, 2.05) is 11.8 Å². The first-order valence-electron chi connectivity index (χ1n) is 11.1. The monoisotopic (exact) mass is 408 g/mol. The van der Waals surface area contributed by atoms with E-state index in [1.165, 1.54) is 24.0 Å². The predicted octanol–water partition coefficient (Wildman–Crippen LogP) is 3.46. The van der Waals surface area contributed by atoms with Crippen molar-refractivity contribution in [3.8, 4) is 0 Å². The van der Waals surface area contributed by atoms with Gasteiger partial charge >= 0.3 is 0 Å². The normalized spacial score (nSPS) is 16.8. The third kappa shape index (κ3) is 4.64. The van der Waals surface area contributed by atoms with Crippen LogP contribution in [0.4, 0.5) is 5.82 Å². The first-order chi connectivity index (χ1) is 14.6. The van der Waals surface area contributed by atoms with Crippen LogP contribution < -0.4 is 4.90 Å². The van der Waals surface area contributed by atoms with Crippen molar-refractivity contribution in [2.24, 2.45) is 0 Å². The molecule has 4 rings (SSSR count). The molecule has 0 unspecified atom stereocenters. The minimum Gasteiger partial charge on any atom is -0.378 e. The molecule has 0 bridgehead atoms. The lowest BCUT2D eigenvalue weighted by Gasteiger charge is -2.36. The van der Waals surface area contributed by atoms with E-state index >= 15 is 0 Å². The van der Waals surface area contributed by atoms with Gasteiger partial charge in [0, 0.05) is 57.6 Å². The number of carbonyl (C=O) groups excluding carboxylic acids is 1. The minimum atomic E-state index is 0.232. The second kappa shape index (κ2) is 9.13. The van der Waals surface area contributed by atoms with Crippen molar-refractivity contribution in [2.75, 3.05) is 38.2 Å². The highest BCUT2D eigenvalue weighted by atomic mass is 16.5. The van der Waals surface area contributed by atoms with E-state index in [-0.39, 0.29) is 5.91 Å². The summed E-state index contributed by atoms with van der Waals surface area (Å²) in [6.45, 7) is 7.65. The van der Waals surface area contributed by atoms with Crippen LogP contribution in [0.1, 0.15) is 60.3 Å². The highest BCUT2D eigenvalue weighted by molar-refractivity contribution is 5.76. The molecule has 1 aliphatic carbocycles. The van der Waals surface area contributed by atoms with Gasteiger partial charge in [0.1, 0.15) is 11.6 Å². The molecule has 1 aliphatic heterocycles. The molecule has 1 amide bonds. The number of aryl methyl sites for hydroxylation is 1. The van der Waals surface area contributed by atoms with E-state index in [0.29, 0.717) is 18.9 Å². The Morgan fingerprint density at radius 3 is 2.57 bits per heavy atom. The van der Waals surface area contributed by atoms with Crippen LogP contribution in [-0.2, 0) is 22.6 Å². The Morgan fingerprint density at radius 1 is 1.17 bits per heavy atom. The van der Waals surface area contributed by atoms with Gasteiger partial charge in [-0.25, -0.2) is 9.97 Å². The molecule has 6 heteroatoms. The molecular weight excluding hydrogens is 376 g/mol. The third-order valence-corrected chi connectivity index (χ3v) is 6.01. The van der Waals surface area contributed by atoms with Crippen molar-refractivity contribution in [2.45, 2.75) is 52.1 Å². The van der Waals surface area contributed by atoms with E-state index in [0.717, 1.165) is 55.5 Å². The van der Waals surface area contributed by atoms with Crippen LogP contribution in [0.15, 0.2) is 24.3 Å². The lowest BCUT2D eigenvalue weighted by molar-refractivity contribution is -0.131. The average molecular weight is 409 g/mol. The number of carbonyl (C=O) groups is 1. The van der Waals surface area contributed by atoms with Crippen molar-refractivity contribution >= 4 is 11.7 Å². The number of hydrogen-bond acceptors (Lipinski definition) is 5. The first-order valence-corrected chi connectivity index (χ1v) is 11.1. The summed E-state index contributed by atoms with van der Waals surface area (Å²) in [5, 5.41) is 0. The number of hydrogen-bond donors (Lipinski definition) is 0. The van der Waals surface area contributed by atoms with Crippen molar-refractivity contribution in [3.63, 3.8) is 0 Å². The summed E-state index contributed by atoms with van der Waals surface area (Å²) in [5.41, 5.74) is 4.67. The summed E-state index contributed by atoms with van der Waals surface area (Å²) >= 11 is 0. The van der Waals surface area contributed by atoms with Crippen LogP contribution in [-0.4, -0.2) is 54.1 Å². The fraction of sp³-hybridized carbons (Fsp3) is 0.542. The van der Waals surface area contributed by atoms with Crippen molar-refractivity contribution in [1.82, 2.24) is 14.9 Å². The summed E-state index contributed by atoms with van der Waals surface area (Å²) in [7, 11) is 1.73. The molecule has 1 aromatic heterocycles. The summed E-state index contributed by atoms with van der Waals surface area (Å²) < 4.78 is 5.53. The second-order valence-electron chi connectivity index (χ2n) is 8.43. The Morgan fingerprint density at radius 2 is 1.93 bits per heavy atom. The number of amides is 1. The van der Waals surface area contributed by atoms with Gasteiger partial charge in [-0.2, -0.15) is 0 Å². The SMILES string of the molecule is CCC(=O)N1CCN(c2nc(C3CC3)nc(COC)c2Cc2cccc(C)c2)CC1. The quantitative estimate of drug-likeness (QED) is 0.702. The molecule has 2 heterocycles. The predicted molar refractivity (Wildman–Crippen MR) is 118 cm³/mol. The Kier molecular flexibility index (Phi) is 6.32. The van der Waals surface area contributed by atoms with Crippen molar-refractivity contribution in [1.29, 1.82) is 0 Å². The molecule has 1 saturated heterocycles. The fourth-order valence-electron chi connectivity index (χ4n) is 4.18. The van der Waals surface area contributed by atoms with Gasteiger partial charge < -0.3 is 14.5 Å². The smallest absolute Gasteiger partial charge is 0.222 e. The van der Waals surface area contributed by atoms with E-state index < -0.39 is 0 Å². The number of nitrogens with zero attached hydrogens (tertiary/aromatic N) is 4. The maximum absolute atomic E-state index is 12.1. The zero-order valence-electron chi connectivity index (χ0n) is 18.4. The lowest BCUT2D eigenvalue weighted by atomic mass is 10.0. The van der Waals surface area contributed by atoms with Crippen molar-refractivity contribution < 1.29 is 9.53 Å². The molecule has 2 fully saturated rings. The number of anilines is 1. The molecule has 1 saturated carbocycles. The van der Waals surface area contributed by atoms with E-state index in [2.05, 4.69) is 36.1 Å². The molecule has 30 heavy (non-hydrogen) atoms. The molecule has 2 aromatic rings. The Hall–Kier alpha value is -2.47. The largest absolute Gasteiger partial charge is 0.378 e. The average Bonchev–Trinajstić information content (AvgIpc) is 3.60. The molecule has 2 aliphatic rings. The molecule has 0 N–H and O–H groups in total. The van der Waals surface area contributed by atoms with Crippen LogP contribution in [0.25, 0.3) is 0 Å². The molecule has 0 radical (unpaired) electrons. The van der Waals surface area contributed by atoms with Crippen LogP contribution in [0.3, 0.4) is 0 Å². The zero-order valence-corrected chi connectivity index (χ0v) is 18.4. The number of piperazine rings is 1. The van der Waals surface area contributed by atoms with Gasteiger partial charge in [-0.15, -0.1) is 0 Å². The number of rotatable bonds is 7. The highest BCUT2D eigenvalue weighted by Crippen LogP contribution is 2.40. The van der Waals surface area contributed by atoms with Crippen molar-refractivity contribution in [3.05, 3.63) is 52.5 Å². The summed E-state index contributed by atoms with van der Waals surface area (Å²) in [6, 6.07) is 8.62. The van der Waals surface area contributed by atoms with Gasteiger partial charge in [0.05, 0.1) is 12.3 Å². The topological polar surface area (TPSA) is 58.6 Å². The van der Waals surface area contributed by atoms with E-state index in [1.54, 1.807) is 7.11 Å². The van der Waals surface area contributed by atoms with Gasteiger partial charge in [0.2, 0.25) is 5.91 Å². The molecule has 6 nitrogen and oxygen atoms in total. The lowest BCUT2D eigenvalue weighted by Crippen LogP contribution is -2.49. The molecule has 160 valence electrons. The Bertz CT molecular complexity index is 902. The van der Waals surface area contributed by atoms with Crippen LogP contribution in [0, 0.1) is 6.92 Å². The number of benzene rings is 1. The van der Waals surface area contributed by atoms with Gasteiger partial charge in [0.15, 0.2) is 0 Å².